The van der Waals surface area contributed by atoms with E-state index in [1.807, 2.05) is 31.2 Å². The summed E-state index contributed by atoms with van der Waals surface area (Å²) in [6.07, 6.45) is 0. The van der Waals surface area contributed by atoms with Crippen LogP contribution in [0.3, 0.4) is 0 Å². The van der Waals surface area contributed by atoms with Crippen molar-refractivity contribution < 1.29 is 4.79 Å². The molecule has 3 aromatic rings. The van der Waals surface area contributed by atoms with Crippen LogP contribution < -0.4 is 5.32 Å². The minimum absolute atomic E-state index is 0.162. The van der Waals surface area contributed by atoms with E-state index in [1.165, 1.54) is 22.5 Å². The number of benzene rings is 2. The number of aromatic nitrogens is 2. The van der Waals surface area contributed by atoms with Crippen LogP contribution >= 0.6 is 23.1 Å². The molecule has 0 bridgehead atoms. The standard InChI is InChI=1S/C21H23N3OS2/c1-14-5-9-16(10-6-14)18(25)22-19-23-24-20(27-19)26-13-15-7-11-17(12-8-15)21(2,3)4/h5-12H,13H2,1-4H3,(H,22,23,25). The third kappa shape index (κ3) is 5.40. The number of anilines is 1. The summed E-state index contributed by atoms with van der Waals surface area (Å²) in [6, 6.07) is 16.1. The molecule has 0 aliphatic rings. The molecule has 0 saturated carbocycles. The number of amides is 1. The van der Waals surface area contributed by atoms with E-state index in [0.717, 1.165) is 15.7 Å². The Kier molecular flexibility index (Phi) is 5.97. The van der Waals surface area contributed by atoms with Crippen LogP contribution in [0.25, 0.3) is 0 Å². The molecule has 0 aliphatic heterocycles. The Labute approximate surface area is 168 Å². The molecule has 6 heteroatoms. The summed E-state index contributed by atoms with van der Waals surface area (Å²) in [5.74, 6) is 0.658. The fraction of sp³-hybridized carbons (Fsp3) is 0.286. The SMILES string of the molecule is Cc1ccc(C(=O)Nc2nnc(SCc3ccc(C(C)(C)C)cc3)s2)cc1. The maximum absolute atomic E-state index is 12.2. The predicted molar refractivity (Wildman–Crippen MR) is 114 cm³/mol. The van der Waals surface area contributed by atoms with E-state index in [9.17, 15) is 4.79 Å². The molecule has 0 fully saturated rings. The van der Waals surface area contributed by atoms with Crippen LogP contribution in [0.2, 0.25) is 0 Å². The van der Waals surface area contributed by atoms with Gasteiger partial charge < -0.3 is 0 Å². The first kappa shape index (κ1) is 19.6. The molecular weight excluding hydrogens is 374 g/mol. The van der Waals surface area contributed by atoms with E-state index in [4.69, 9.17) is 0 Å². The highest BCUT2D eigenvalue weighted by molar-refractivity contribution is 8.00. The number of carbonyl (C=O) groups excluding carboxylic acids is 1. The molecule has 1 amide bonds. The van der Waals surface area contributed by atoms with Crippen molar-refractivity contribution in [3.8, 4) is 0 Å². The van der Waals surface area contributed by atoms with Gasteiger partial charge in [-0.1, -0.05) is 85.8 Å². The van der Waals surface area contributed by atoms with Crippen molar-refractivity contribution in [3.63, 3.8) is 0 Å². The van der Waals surface area contributed by atoms with Crippen LogP contribution in [0.15, 0.2) is 52.9 Å². The number of hydrogen-bond donors (Lipinski definition) is 1. The molecule has 0 saturated heterocycles. The molecule has 0 radical (unpaired) electrons. The monoisotopic (exact) mass is 397 g/mol. The van der Waals surface area contributed by atoms with Gasteiger partial charge in [0.1, 0.15) is 0 Å². The van der Waals surface area contributed by atoms with Crippen LogP contribution in [0, 0.1) is 6.92 Å². The molecule has 1 N–H and O–H groups in total. The molecule has 27 heavy (non-hydrogen) atoms. The summed E-state index contributed by atoms with van der Waals surface area (Å²) in [5, 5.41) is 11.6. The van der Waals surface area contributed by atoms with Crippen molar-refractivity contribution in [1.29, 1.82) is 0 Å². The van der Waals surface area contributed by atoms with Crippen LogP contribution in [-0.4, -0.2) is 16.1 Å². The summed E-state index contributed by atoms with van der Waals surface area (Å²) < 4.78 is 0.842. The Hall–Kier alpha value is -2.18. The summed E-state index contributed by atoms with van der Waals surface area (Å²) in [6.45, 7) is 8.63. The third-order valence-electron chi connectivity index (χ3n) is 4.12. The number of nitrogens with one attached hydrogen (secondary N) is 1. The highest BCUT2D eigenvalue weighted by Gasteiger charge is 2.13. The van der Waals surface area contributed by atoms with Crippen LogP contribution in [0.1, 0.15) is 47.8 Å². The van der Waals surface area contributed by atoms with Crippen LogP contribution in [0.5, 0.6) is 0 Å². The third-order valence-corrected chi connectivity index (χ3v) is 6.17. The number of aryl methyl sites for hydroxylation is 1. The lowest BCUT2D eigenvalue weighted by molar-refractivity contribution is 0.102. The predicted octanol–water partition coefficient (Wildman–Crippen LogP) is 5.69. The van der Waals surface area contributed by atoms with Crippen molar-refractivity contribution in [1.82, 2.24) is 10.2 Å². The Balaban J connectivity index is 1.56. The lowest BCUT2D eigenvalue weighted by Gasteiger charge is -2.19. The molecule has 2 aromatic carbocycles. The number of carbonyl (C=O) groups is 1. The van der Waals surface area contributed by atoms with Crippen molar-refractivity contribution >= 4 is 34.1 Å². The number of hydrogen-bond acceptors (Lipinski definition) is 5. The normalized spacial score (nSPS) is 11.4. The van der Waals surface area contributed by atoms with E-state index in [2.05, 4.69) is 60.6 Å². The van der Waals surface area contributed by atoms with Gasteiger partial charge in [0.05, 0.1) is 0 Å². The van der Waals surface area contributed by atoms with Crippen molar-refractivity contribution in [2.75, 3.05) is 5.32 Å². The Morgan fingerprint density at radius 3 is 2.33 bits per heavy atom. The largest absolute Gasteiger partial charge is 0.296 e. The van der Waals surface area contributed by atoms with E-state index in [0.29, 0.717) is 10.7 Å². The van der Waals surface area contributed by atoms with Crippen molar-refractivity contribution in [2.24, 2.45) is 0 Å². The number of thioether (sulfide) groups is 1. The van der Waals surface area contributed by atoms with Crippen molar-refractivity contribution in [3.05, 3.63) is 70.8 Å². The van der Waals surface area contributed by atoms with E-state index >= 15 is 0 Å². The molecule has 0 spiro atoms. The van der Waals surface area contributed by atoms with Crippen molar-refractivity contribution in [2.45, 2.75) is 43.2 Å². The van der Waals surface area contributed by atoms with Gasteiger partial charge in [0.25, 0.3) is 5.91 Å². The van der Waals surface area contributed by atoms with Gasteiger partial charge in [-0.2, -0.15) is 0 Å². The molecular formula is C21H23N3OS2. The minimum atomic E-state index is -0.166. The van der Waals surface area contributed by atoms with E-state index < -0.39 is 0 Å². The second-order valence-corrected chi connectivity index (χ2v) is 9.63. The van der Waals surface area contributed by atoms with E-state index in [1.54, 1.807) is 11.8 Å². The summed E-state index contributed by atoms with van der Waals surface area (Å²) >= 11 is 3.02. The first-order valence-corrected chi connectivity index (χ1v) is 10.6. The lowest BCUT2D eigenvalue weighted by Crippen LogP contribution is -2.11. The maximum Gasteiger partial charge on any atom is 0.257 e. The first-order valence-electron chi connectivity index (χ1n) is 8.75. The fourth-order valence-corrected chi connectivity index (χ4v) is 4.14. The van der Waals surface area contributed by atoms with Gasteiger partial charge in [0.2, 0.25) is 5.13 Å². The van der Waals surface area contributed by atoms with Crippen LogP contribution in [0.4, 0.5) is 5.13 Å². The summed E-state index contributed by atoms with van der Waals surface area (Å²) in [5.41, 5.74) is 4.47. The maximum atomic E-state index is 12.2. The molecule has 140 valence electrons. The molecule has 4 nitrogen and oxygen atoms in total. The molecule has 3 rings (SSSR count). The van der Waals surface area contributed by atoms with Gasteiger partial charge in [-0.3, -0.25) is 10.1 Å². The Morgan fingerprint density at radius 1 is 1.04 bits per heavy atom. The average molecular weight is 398 g/mol. The smallest absolute Gasteiger partial charge is 0.257 e. The van der Waals surface area contributed by atoms with Gasteiger partial charge in [0.15, 0.2) is 4.34 Å². The van der Waals surface area contributed by atoms with Gasteiger partial charge in [-0.05, 0) is 35.6 Å². The molecule has 0 aliphatic carbocycles. The Morgan fingerprint density at radius 2 is 1.70 bits per heavy atom. The zero-order chi connectivity index (χ0) is 19.4. The number of nitrogens with zero attached hydrogens (tertiary/aromatic N) is 2. The Bertz CT molecular complexity index is 910. The highest BCUT2D eigenvalue weighted by atomic mass is 32.2. The summed E-state index contributed by atoms with van der Waals surface area (Å²) in [7, 11) is 0. The van der Waals surface area contributed by atoms with Crippen LogP contribution in [-0.2, 0) is 11.2 Å². The van der Waals surface area contributed by atoms with E-state index in [-0.39, 0.29) is 11.3 Å². The molecule has 1 heterocycles. The molecule has 0 unspecified atom stereocenters. The topological polar surface area (TPSA) is 54.9 Å². The van der Waals surface area contributed by atoms with Gasteiger partial charge in [0, 0.05) is 11.3 Å². The average Bonchev–Trinajstić information content (AvgIpc) is 3.07. The second-order valence-electron chi connectivity index (χ2n) is 7.43. The first-order chi connectivity index (χ1) is 12.8. The zero-order valence-electron chi connectivity index (χ0n) is 15.9. The fourth-order valence-electron chi connectivity index (χ4n) is 2.44. The zero-order valence-corrected chi connectivity index (χ0v) is 17.6. The number of rotatable bonds is 5. The second kappa shape index (κ2) is 8.23. The molecule has 0 atom stereocenters. The van der Waals surface area contributed by atoms with Gasteiger partial charge in [-0.25, -0.2) is 0 Å². The van der Waals surface area contributed by atoms with Gasteiger partial charge in [-0.15, -0.1) is 10.2 Å². The van der Waals surface area contributed by atoms with Gasteiger partial charge >= 0.3 is 0 Å². The summed E-state index contributed by atoms with van der Waals surface area (Å²) in [4.78, 5) is 12.2. The molecule has 1 aromatic heterocycles. The minimum Gasteiger partial charge on any atom is -0.296 e. The quantitative estimate of drug-likeness (QED) is 0.444. The highest BCUT2D eigenvalue weighted by Crippen LogP contribution is 2.29. The lowest BCUT2D eigenvalue weighted by atomic mass is 9.87.